The number of para-hydroxylation sites is 1. The first-order valence-electron chi connectivity index (χ1n) is 20.4. The summed E-state index contributed by atoms with van der Waals surface area (Å²) in [5.41, 5.74) is 22.8. The first-order chi connectivity index (χ1) is 28.4. The fourth-order valence-electron chi connectivity index (χ4n) is 10.4. The Morgan fingerprint density at radius 2 is 1.17 bits per heavy atom. The summed E-state index contributed by atoms with van der Waals surface area (Å²) in [4.78, 5) is 0. The van der Waals surface area contributed by atoms with Crippen LogP contribution in [-0.2, 0) is 5.41 Å². The maximum absolute atomic E-state index is 9.08. The first-order valence-corrected chi connectivity index (χ1v) is 20.4. The van der Waals surface area contributed by atoms with E-state index in [-0.39, 0.29) is 5.41 Å². The van der Waals surface area contributed by atoms with Gasteiger partial charge >= 0.3 is 0 Å². The topological polar surface area (TPSA) is 28.8 Å². The highest BCUT2D eigenvalue weighted by Crippen LogP contribution is 2.50. The minimum Gasteiger partial charge on any atom is -0.309 e. The molecule has 0 amide bonds. The average molecular weight is 741 g/mol. The lowest BCUT2D eigenvalue weighted by Gasteiger charge is -2.24. The van der Waals surface area contributed by atoms with E-state index >= 15 is 0 Å². The van der Waals surface area contributed by atoms with Crippen LogP contribution in [0.5, 0.6) is 0 Å². The highest BCUT2D eigenvalue weighted by Gasteiger charge is 2.35. The number of aromatic nitrogens is 1. The van der Waals surface area contributed by atoms with Crippen LogP contribution in [0.25, 0.3) is 72.0 Å². The first kappa shape index (κ1) is 33.1. The predicted molar refractivity (Wildman–Crippen MR) is 243 cm³/mol. The molecule has 274 valence electrons. The van der Waals surface area contributed by atoms with Crippen LogP contribution < -0.4 is 0 Å². The molecule has 2 heteroatoms. The Hall–Kier alpha value is -7.03. The molecule has 2 nitrogen and oxygen atoms in total. The third-order valence-corrected chi connectivity index (χ3v) is 13.3. The molecule has 58 heavy (non-hydrogen) atoms. The Morgan fingerprint density at radius 3 is 2.00 bits per heavy atom. The molecule has 1 unspecified atom stereocenters. The number of benzene rings is 7. The van der Waals surface area contributed by atoms with E-state index in [1.54, 1.807) is 0 Å². The molecule has 0 saturated heterocycles. The monoisotopic (exact) mass is 740 g/mol. The zero-order valence-electron chi connectivity index (χ0n) is 32.6. The van der Waals surface area contributed by atoms with Crippen LogP contribution in [0.3, 0.4) is 0 Å². The Kier molecular flexibility index (Phi) is 6.99. The van der Waals surface area contributed by atoms with Gasteiger partial charge in [-0.1, -0.05) is 153 Å². The molecule has 0 radical (unpaired) electrons. The van der Waals surface area contributed by atoms with Crippen molar-refractivity contribution >= 4 is 38.7 Å². The number of rotatable bonds is 4. The average Bonchev–Trinajstić information content (AvgIpc) is 3.85. The second kappa shape index (κ2) is 12.2. The molecule has 0 fully saturated rings. The molecule has 4 aliphatic carbocycles. The molecular formula is C56H40N2. The highest BCUT2D eigenvalue weighted by atomic mass is 15.0. The summed E-state index contributed by atoms with van der Waals surface area (Å²) in [7, 11) is 0. The van der Waals surface area contributed by atoms with Gasteiger partial charge in [-0.2, -0.15) is 0 Å². The normalized spacial score (nSPS) is 17.0. The zero-order valence-corrected chi connectivity index (χ0v) is 32.6. The lowest BCUT2D eigenvalue weighted by atomic mass is 9.80. The SMILES string of the molecule is CC1(C)c2ccccc2-c2ccc(-c3ccc4c(c3)c3cc(C5=CC6CC=C(c7cccc8c7C(=N)c7ccccc7-8)C=C6C=C5)ccc3n4-c3ccccc3)cc21. The maximum Gasteiger partial charge on any atom is 0.0703 e. The lowest BCUT2D eigenvalue weighted by Crippen LogP contribution is -2.14. The van der Waals surface area contributed by atoms with Gasteiger partial charge in [0.2, 0.25) is 0 Å². The fraction of sp³-hybridized carbons (Fsp3) is 0.0893. The van der Waals surface area contributed by atoms with Gasteiger partial charge in [-0.05, 0) is 121 Å². The number of allylic oxidation sites excluding steroid dienone is 8. The quantitative estimate of drug-likeness (QED) is 0.186. The fourth-order valence-corrected chi connectivity index (χ4v) is 10.4. The van der Waals surface area contributed by atoms with E-state index in [4.69, 9.17) is 5.41 Å². The Balaban J connectivity index is 0.924. The van der Waals surface area contributed by atoms with Gasteiger partial charge in [-0.25, -0.2) is 0 Å². The third kappa shape index (κ3) is 4.75. The molecule has 0 aliphatic heterocycles. The van der Waals surface area contributed by atoms with Crippen molar-refractivity contribution in [3.05, 3.63) is 221 Å². The molecule has 12 rings (SSSR count). The second-order valence-corrected chi connectivity index (χ2v) is 16.8. The van der Waals surface area contributed by atoms with Crippen LogP contribution in [0.15, 0.2) is 188 Å². The van der Waals surface area contributed by atoms with Crippen LogP contribution >= 0.6 is 0 Å². The minimum atomic E-state index is -0.0471. The van der Waals surface area contributed by atoms with Crippen LogP contribution in [0.1, 0.15) is 53.6 Å². The number of hydrogen-bond acceptors (Lipinski definition) is 1. The van der Waals surface area contributed by atoms with E-state index in [1.807, 2.05) is 6.07 Å². The molecule has 0 bridgehead atoms. The van der Waals surface area contributed by atoms with E-state index in [9.17, 15) is 0 Å². The summed E-state index contributed by atoms with van der Waals surface area (Å²) in [6.07, 6.45) is 12.7. The Bertz CT molecular complexity index is 3230. The van der Waals surface area contributed by atoms with Gasteiger partial charge in [0, 0.05) is 38.9 Å². The molecule has 8 aromatic rings. The van der Waals surface area contributed by atoms with Crippen molar-refractivity contribution < 1.29 is 0 Å². The van der Waals surface area contributed by atoms with Crippen molar-refractivity contribution in [1.29, 1.82) is 5.41 Å². The van der Waals surface area contributed by atoms with E-state index in [0.29, 0.717) is 11.6 Å². The van der Waals surface area contributed by atoms with Crippen LogP contribution in [0.2, 0.25) is 0 Å². The van der Waals surface area contributed by atoms with E-state index in [0.717, 1.165) is 28.7 Å². The van der Waals surface area contributed by atoms with E-state index in [2.05, 4.69) is 194 Å². The number of nitrogens with zero attached hydrogens (tertiary/aromatic N) is 1. The highest BCUT2D eigenvalue weighted by molar-refractivity contribution is 6.25. The number of hydrogen-bond donors (Lipinski definition) is 1. The van der Waals surface area contributed by atoms with Gasteiger partial charge in [0.05, 0.1) is 16.7 Å². The van der Waals surface area contributed by atoms with Gasteiger partial charge in [0.15, 0.2) is 0 Å². The molecule has 0 saturated carbocycles. The van der Waals surface area contributed by atoms with Gasteiger partial charge in [-0.3, -0.25) is 5.41 Å². The van der Waals surface area contributed by atoms with Gasteiger partial charge in [0.1, 0.15) is 0 Å². The van der Waals surface area contributed by atoms with Crippen molar-refractivity contribution in [3.63, 3.8) is 0 Å². The van der Waals surface area contributed by atoms with Crippen molar-refractivity contribution in [2.45, 2.75) is 25.7 Å². The molecule has 0 spiro atoms. The summed E-state index contributed by atoms with van der Waals surface area (Å²) in [5.74, 6) is 0.306. The smallest absolute Gasteiger partial charge is 0.0703 e. The molecule has 1 heterocycles. The number of nitrogens with one attached hydrogen (secondary N) is 1. The Morgan fingerprint density at radius 1 is 0.534 bits per heavy atom. The Labute approximate surface area is 339 Å². The largest absolute Gasteiger partial charge is 0.309 e. The molecule has 1 atom stereocenters. The minimum absolute atomic E-state index is 0.0471. The summed E-state index contributed by atoms with van der Waals surface area (Å²) < 4.78 is 2.42. The van der Waals surface area contributed by atoms with Crippen LogP contribution in [0.4, 0.5) is 0 Å². The van der Waals surface area contributed by atoms with Crippen LogP contribution in [0, 0.1) is 11.3 Å². The third-order valence-electron chi connectivity index (χ3n) is 13.3. The second-order valence-electron chi connectivity index (χ2n) is 16.8. The van der Waals surface area contributed by atoms with Gasteiger partial charge < -0.3 is 4.57 Å². The summed E-state index contributed by atoms with van der Waals surface area (Å²) in [6.45, 7) is 4.71. The van der Waals surface area contributed by atoms with Gasteiger partial charge in [0.25, 0.3) is 0 Å². The maximum atomic E-state index is 9.08. The molecule has 1 N–H and O–H groups in total. The molecule has 1 aromatic heterocycles. The zero-order chi connectivity index (χ0) is 38.7. The number of fused-ring (bicyclic) bond motifs is 10. The van der Waals surface area contributed by atoms with E-state index in [1.165, 1.54) is 88.7 Å². The summed E-state index contributed by atoms with van der Waals surface area (Å²) in [6, 6.07) is 55.6. The summed E-state index contributed by atoms with van der Waals surface area (Å²) >= 11 is 0. The van der Waals surface area contributed by atoms with Crippen molar-refractivity contribution in [1.82, 2.24) is 4.57 Å². The lowest BCUT2D eigenvalue weighted by molar-refractivity contribution is 0.660. The molecular weight excluding hydrogens is 701 g/mol. The summed E-state index contributed by atoms with van der Waals surface area (Å²) in [5, 5.41) is 11.6. The van der Waals surface area contributed by atoms with Crippen molar-refractivity contribution in [2.75, 3.05) is 0 Å². The van der Waals surface area contributed by atoms with Crippen molar-refractivity contribution in [2.24, 2.45) is 5.92 Å². The van der Waals surface area contributed by atoms with E-state index < -0.39 is 0 Å². The standard InChI is InChI=1S/C56H40N2/c1-56(2)50-18-9-8-14-44(50)45-26-23-39(33-51(45)56)38-25-28-53-49(32-38)48-31-37(24-27-52(48)58(53)41-11-4-3-5-12-41)35-19-20-36-30-40(22-21-34(36)29-35)42-16-10-17-46-43-13-6-7-15-47(43)55(57)54(42)46/h3-20,22-34,57H,21H2,1-2H3. The van der Waals surface area contributed by atoms with Crippen LogP contribution in [-0.4, -0.2) is 10.3 Å². The molecule has 7 aromatic carbocycles. The van der Waals surface area contributed by atoms with Gasteiger partial charge in [-0.15, -0.1) is 0 Å². The van der Waals surface area contributed by atoms with Crippen molar-refractivity contribution in [3.8, 4) is 39.1 Å². The molecule has 4 aliphatic rings. The predicted octanol–water partition coefficient (Wildman–Crippen LogP) is 14.1.